The molecule has 0 aliphatic carbocycles. The van der Waals surface area contributed by atoms with Gasteiger partial charge in [0.15, 0.2) is 0 Å². The number of nitrogens with one attached hydrogen (secondary N) is 1. The minimum absolute atomic E-state index is 0.139. The average molecular weight is 277 g/mol. The van der Waals surface area contributed by atoms with Crippen molar-refractivity contribution in [1.82, 2.24) is 5.32 Å². The van der Waals surface area contributed by atoms with E-state index in [-0.39, 0.29) is 12.3 Å². The van der Waals surface area contributed by atoms with Gasteiger partial charge in [-0.25, -0.2) is 0 Å². The Morgan fingerprint density at radius 2 is 1.58 bits per heavy atom. The number of carbonyl (C=O) groups is 2. The highest BCUT2D eigenvalue weighted by Gasteiger charge is 2.18. The quantitative estimate of drug-likeness (QED) is 0.674. The Hall–Kier alpha value is -1.10. The van der Waals surface area contributed by atoms with E-state index in [0.717, 1.165) is 6.54 Å². The number of nitrogens with two attached hydrogens (primary N) is 2. The summed E-state index contributed by atoms with van der Waals surface area (Å²) in [6, 6.07) is 0. The van der Waals surface area contributed by atoms with Gasteiger partial charge in [-0.05, 0) is 12.5 Å². The second-order valence-corrected chi connectivity index (χ2v) is 3.25. The highest BCUT2D eigenvalue weighted by molar-refractivity contribution is 5.78. The molecule has 1 aliphatic heterocycles. The molecule has 1 aliphatic rings. The third kappa shape index (κ3) is 31.6. The van der Waals surface area contributed by atoms with Crippen LogP contribution in [-0.2, 0) is 9.59 Å². The van der Waals surface area contributed by atoms with Gasteiger partial charge in [-0.2, -0.15) is 0 Å². The van der Waals surface area contributed by atoms with E-state index in [4.69, 9.17) is 10.5 Å². The van der Waals surface area contributed by atoms with Crippen LogP contribution in [0.5, 0.6) is 0 Å². The minimum Gasteiger partial charge on any atom is -0.372 e. The third-order valence-corrected chi connectivity index (χ3v) is 1.90. The van der Waals surface area contributed by atoms with E-state index in [0.29, 0.717) is 18.9 Å². The lowest BCUT2D eigenvalue weighted by Gasteiger charge is -1.97. The molecule has 0 bridgehead atoms. The molecule has 0 aromatic rings. The van der Waals surface area contributed by atoms with Gasteiger partial charge >= 0.3 is 0 Å². The normalized spacial score (nSPS) is 14.7. The van der Waals surface area contributed by atoms with Crippen molar-refractivity contribution in [2.75, 3.05) is 13.1 Å². The molecule has 5 heteroatoms. The van der Waals surface area contributed by atoms with Gasteiger partial charge in [0.1, 0.15) is 0 Å². The topological polar surface area (TPSA) is 98.2 Å². The summed E-state index contributed by atoms with van der Waals surface area (Å²) in [5, 5.41) is 2.70. The van der Waals surface area contributed by atoms with Crippen molar-refractivity contribution in [1.29, 1.82) is 0 Å². The number of rotatable bonds is 2. The predicted octanol–water partition coefficient (Wildman–Crippen LogP) is 2.04. The van der Waals surface area contributed by atoms with Crippen LogP contribution >= 0.6 is 0 Å². The standard InChI is InChI=1S/C5H10N2O.C4H10.2C2H6.CH3NO/c6-2-4-1-5(8)7-3-4;1-3-4-2;2*1-2;2-1-3/h4H,1-3,6H2,(H,7,8);3-4H2,1-2H3;2*1-2H3;1H,(H2,2,3). The van der Waals surface area contributed by atoms with Crippen LogP contribution in [0.15, 0.2) is 0 Å². The summed E-state index contributed by atoms with van der Waals surface area (Å²) in [7, 11) is 0. The number of carbonyl (C=O) groups excluding carboxylic acids is 2. The summed E-state index contributed by atoms with van der Waals surface area (Å²) < 4.78 is 0. The fraction of sp³-hybridized carbons (Fsp3) is 0.857. The average Bonchev–Trinajstić information content (AvgIpc) is 2.90. The molecule has 0 radical (unpaired) electrons. The highest BCUT2D eigenvalue weighted by Crippen LogP contribution is 2.04. The fourth-order valence-electron chi connectivity index (χ4n) is 0.831. The Bertz CT molecular complexity index is 163. The summed E-state index contributed by atoms with van der Waals surface area (Å²) in [6.07, 6.45) is 3.51. The smallest absolute Gasteiger partial charge is 0.220 e. The lowest BCUT2D eigenvalue weighted by Crippen LogP contribution is -2.17. The Morgan fingerprint density at radius 1 is 1.21 bits per heavy atom. The molecule has 1 unspecified atom stereocenters. The van der Waals surface area contributed by atoms with Gasteiger partial charge in [-0.3, -0.25) is 9.59 Å². The molecule has 2 amide bonds. The number of primary amides is 1. The van der Waals surface area contributed by atoms with E-state index >= 15 is 0 Å². The Kier molecular flexibility index (Phi) is 42.0. The Labute approximate surface area is 119 Å². The van der Waals surface area contributed by atoms with Crippen molar-refractivity contribution in [3.63, 3.8) is 0 Å². The van der Waals surface area contributed by atoms with Crippen LogP contribution in [0, 0.1) is 5.92 Å². The first-order chi connectivity index (χ1) is 9.15. The molecule has 118 valence electrons. The molecule has 5 N–H and O–H groups in total. The number of amides is 2. The number of hydrogen-bond acceptors (Lipinski definition) is 3. The molecular formula is C14H35N3O2. The van der Waals surface area contributed by atoms with Gasteiger partial charge in [0.25, 0.3) is 0 Å². The van der Waals surface area contributed by atoms with Crippen LogP contribution in [0.2, 0.25) is 0 Å². The Balaban J connectivity index is -0.0000000877. The molecule has 5 nitrogen and oxygen atoms in total. The summed E-state index contributed by atoms with van der Waals surface area (Å²) >= 11 is 0. The zero-order valence-corrected chi connectivity index (χ0v) is 13.7. The largest absolute Gasteiger partial charge is 0.372 e. The molecule has 1 rings (SSSR count). The van der Waals surface area contributed by atoms with Gasteiger partial charge < -0.3 is 16.8 Å². The summed E-state index contributed by atoms with van der Waals surface area (Å²) in [4.78, 5) is 19.0. The van der Waals surface area contributed by atoms with Gasteiger partial charge in [0.05, 0.1) is 0 Å². The minimum atomic E-state index is 0.139. The van der Waals surface area contributed by atoms with Crippen molar-refractivity contribution < 1.29 is 9.59 Å². The van der Waals surface area contributed by atoms with E-state index in [9.17, 15) is 4.79 Å². The first-order valence-electron chi connectivity index (χ1n) is 7.28. The summed E-state index contributed by atoms with van der Waals surface area (Å²) in [5.74, 6) is 0.531. The van der Waals surface area contributed by atoms with Crippen molar-refractivity contribution in [2.24, 2.45) is 17.4 Å². The predicted molar refractivity (Wildman–Crippen MR) is 83.7 cm³/mol. The van der Waals surface area contributed by atoms with Gasteiger partial charge in [-0.1, -0.05) is 54.4 Å². The van der Waals surface area contributed by atoms with Crippen LogP contribution in [-0.4, -0.2) is 25.4 Å². The molecule has 0 aromatic carbocycles. The number of unbranched alkanes of at least 4 members (excludes halogenated alkanes) is 1. The first-order valence-corrected chi connectivity index (χ1v) is 7.28. The molecule has 0 aromatic heterocycles. The fourth-order valence-corrected chi connectivity index (χ4v) is 0.831. The molecule has 1 fully saturated rings. The second-order valence-electron chi connectivity index (χ2n) is 3.25. The van der Waals surface area contributed by atoms with Crippen molar-refractivity contribution in [3.05, 3.63) is 0 Å². The first kappa shape index (κ1) is 26.5. The third-order valence-electron chi connectivity index (χ3n) is 1.90. The van der Waals surface area contributed by atoms with E-state index < -0.39 is 0 Å². The molecule has 0 spiro atoms. The van der Waals surface area contributed by atoms with Gasteiger partial charge in [0.2, 0.25) is 12.3 Å². The lowest BCUT2D eigenvalue weighted by atomic mass is 10.1. The highest BCUT2D eigenvalue weighted by atomic mass is 16.1. The van der Waals surface area contributed by atoms with E-state index in [1.807, 2.05) is 27.7 Å². The van der Waals surface area contributed by atoms with Crippen LogP contribution in [0.1, 0.15) is 60.8 Å². The second kappa shape index (κ2) is 30.2. The van der Waals surface area contributed by atoms with E-state index in [2.05, 4.69) is 24.9 Å². The van der Waals surface area contributed by atoms with E-state index in [1.54, 1.807) is 0 Å². The Morgan fingerprint density at radius 3 is 1.68 bits per heavy atom. The zero-order valence-electron chi connectivity index (χ0n) is 13.7. The van der Waals surface area contributed by atoms with Crippen LogP contribution < -0.4 is 16.8 Å². The van der Waals surface area contributed by atoms with Crippen molar-refractivity contribution in [2.45, 2.75) is 60.8 Å². The molecule has 19 heavy (non-hydrogen) atoms. The maximum atomic E-state index is 10.4. The molecule has 1 saturated heterocycles. The lowest BCUT2D eigenvalue weighted by molar-refractivity contribution is -0.119. The maximum absolute atomic E-state index is 10.4. The summed E-state index contributed by atoms with van der Waals surface area (Å²) in [6.45, 7) is 13.8. The molecule has 1 heterocycles. The van der Waals surface area contributed by atoms with Crippen molar-refractivity contribution >= 4 is 12.3 Å². The maximum Gasteiger partial charge on any atom is 0.220 e. The van der Waals surface area contributed by atoms with Crippen LogP contribution in [0.3, 0.4) is 0 Å². The molecule has 0 saturated carbocycles. The number of hydrogen-bond donors (Lipinski definition) is 3. The van der Waals surface area contributed by atoms with Crippen LogP contribution in [0.25, 0.3) is 0 Å². The van der Waals surface area contributed by atoms with Gasteiger partial charge in [0, 0.05) is 13.0 Å². The zero-order chi connectivity index (χ0) is 16.1. The van der Waals surface area contributed by atoms with E-state index in [1.165, 1.54) is 12.8 Å². The van der Waals surface area contributed by atoms with Crippen molar-refractivity contribution in [3.8, 4) is 0 Å². The molecule has 1 atom stereocenters. The summed E-state index contributed by atoms with van der Waals surface area (Å²) in [5.41, 5.74) is 9.47. The van der Waals surface area contributed by atoms with Crippen LogP contribution in [0.4, 0.5) is 0 Å². The molecular weight excluding hydrogens is 242 g/mol. The van der Waals surface area contributed by atoms with Gasteiger partial charge in [-0.15, -0.1) is 0 Å². The SMILES string of the molecule is CC.CC.CCCC.NC=O.NCC1CNC(=O)C1. The monoisotopic (exact) mass is 277 g/mol.